The quantitative estimate of drug-likeness (QED) is 0.774. The van der Waals surface area contributed by atoms with Crippen LogP contribution in [0.4, 0.5) is 11.4 Å². The van der Waals surface area contributed by atoms with E-state index in [1.807, 2.05) is 13.8 Å². The third kappa shape index (κ3) is 4.50. The molecule has 2 atom stereocenters. The van der Waals surface area contributed by atoms with Gasteiger partial charge in [-0.1, -0.05) is 37.0 Å². The van der Waals surface area contributed by atoms with Crippen LogP contribution in [0.2, 0.25) is 10.0 Å². The third-order valence-corrected chi connectivity index (χ3v) is 4.31. The van der Waals surface area contributed by atoms with Crippen molar-refractivity contribution < 1.29 is 4.79 Å². The first-order valence-corrected chi connectivity index (χ1v) is 7.88. The van der Waals surface area contributed by atoms with Gasteiger partial charge in [-0.2, -0.15) is 0 Å². The van der Waals surface area contributed by atoms with Crippen molar-refractivity contribution in [3.63, 3.8) is 0 Å². The lowest BCUT2D eigenvalue weighted by Gasteiger charge is -2.32. The highest BCUT2D eigenvalue weighted by molar-refractivity contribution is 6.40. The van der Waals surface area contributed by atoms with Crippen LogP contribution in [-0.2, 0) is 4.79 Å². The van der Waals surface area contributed by atoms with Crippen LogP contribution in [0.15, 0.2) is 12.1 Å². The van der Waals surface area contributed by atoms with Gasteiger partial charge in [-0.3, -0.25) is 9.69 Å². The lowest BCUT2D eigenvalue weighted by Crippen LogP contribution is -2.46. The van der Waals surface area contributed by atoms with E-state index in [2.05, 4.69) is 24.1 Å². The topological polar surface area (TPSA) is 58.4 Å². The molecule has 0 aromatic heterocycles. The van der Waals surface area contributed by atoms with E-state index in [0.717, 1.165) is 13.0 Å². The predicted octanol–water partition coefficient (Wildman–Crippen LogP) is 4.02. The molecule has 0 aliphatic rings. The number of rotatable bonds is 6. The second kappa shape index (κ2) is 7.87. The van der Waals surface area contributed by atoms with Crippen molar-refractivity contribution in [2.24, 2.45) is 0 Å². The normalized spacial score (nSPS) is 14.0. The van der Waals surface area contributed by atoms with E-state index >= 15 is 0 Å². The number of nitrogen functional groups attached to an aromatic ring is 1. The Morgan fingerprint density at radius 3 is 2.24 bits per heavy atom. The van der Waals surface area contributed by atoms with Crippen LogP contribution < -0.4 is 11.1 Å². The summed E-state index contributed by atoms with van der Waals surface area (Å²) in [4.78, 5) is 14.6. The van der Waals surface area contributed by atoms with Crippen LogP contribution in [0.3, 0.4) is 0 Å². The van der Waals surface area contributed by atoms with Crippen molar-refractivity contribution in [3.05, 3.63) is 22.2 Å². The van der Waals surface area contributed by atoms with Crippen molar-refractivity contribution in [3.8, 4) is 0 Å². The lowest BCUT2D eigenvalue weighted by atomic mass is 10.1. The van der Waals surface area contributed by atoms with E-state index in [1.54, 1.807) is 12.1 Å². The number of carbonyl (C=O) groups is 1. The van der Waals surface area contributed by atoms with Crippen molar-refractivity contribution >= 4 is 40.5 Å². The van der Waals surface area contributed by atoms with Gasteiger partial charge in [0.25, 0.3) is 0 Å². The molecule has 6 heteroatoms. The fourth-order valence-electron chi connectivity index (χ4n) is 2.29. The van der Waals surface area contributed by atoms with Gasteiger partial charge in [0.15, 0.2) is 0 Å². The van der Waals surface area contributed by atoms with Crippen LogP contribution in [0.25, 0.3) is 0 Å². The largest absolute Gasteiger partial charge is 0.399 e. The Morgan fingerprint density at radius 1 is 1.29 bits per heavy atom. The molecule has 1 amide bonds. The predicted molar refractivity (Wildman–Crippen MR) is 91.1 cm³/mol. The van der Waals surface area contributed by atoms with Gasteiger partial charge in [0.1, 0.15) is 0 Å². The first kappa shape index (κ1) is 18.1. The number of amides is 1. The lowest BCUT2D eigenvalue weighted by molar-refractivity contribution is -0.121. The van der Waals surface area contributed by atoms with Crippen LogP contribution >= 0.6 is 23.2 Å². The molecule has 0 saturated heterocycles. The number of likely N-dealkylation sites (N-methyl/N-ethyl adjacent to an activating group) is 1. The van der Waals surface area contributed by atoms with E-state index in [-0.39, 0.29) is 11.9 Å². The third-order valence-electron chi connectivity index (χ3n) is 3.71. The zero-order chi connectivity index (χ0) is 16.2. The SMILES string of the molecule is CCC(C)N(CC)C(C)C(=O)Nc1c(Cl)cc(N)cc1Cl. The Morgan fingerprint density at radius 2 is 1.81 bits per heavy atom. The van der Waals surface area contributed by atoms with Crippen LogP contribution in [0.5, 0.6) is 0 Å². The Kier molecular flexibility index (Phi) is 6.78. The zero-order valence-electron chi connectivity index (χ0n) is 12.9. The van der Waals surface area contributed by atoms with Crippen molar-refractivity contribution in [2.75, 3.05) is 17.6 Å². The van der Waals surface area contributed by atoms with Crippen LogP contribution in [0, 0.1) is 0 Å². The molecule has 0 saturated carbocycles. The van der Waals surface area contributed by atoms with Crippen molar-refractivity contribution in [2.45, 2.75) is 46.2 Å². The Bertz CT molecular complexity index is 485. The Hall–Kier alpha value is -0.970. The highest BCUT2D eigenvalue weighted by atomic mass is 35.5. The summed E-state index contributed by atoms with van der Waals surface area (Å²) in [6, 6.07) is 3.20. The molecule has 1 aromatic carbocycles. The average Bonchev–Trinajstić information content (AvgIpc) is 2.42. The van der Waals surface area contributed by atoms with E-state index in [9.17, 15) is 4.79 Å². The fraction of sp³-hybridized carbons (Fsp3) is 0.533. The maximum Gasteiger partial charge on any atom is 0.241 e. The smallest absolute Gasteiger partial charge is 0.241 e. The minimum absolute atomic E-state index is 0.134. The second-order valence-corrected chi connectivity index (χ2v) is 5.93. The number of hydrogen-bond acceptors (Lipinski definition) is 3. The molecule has 0 aliphatic heterocycles. The first-order chi connectivity index (χ1) is 9.81. The maximum absolute atomic E-state index is 12.4. The number of nitrogens with two attached hydrogens (primary N) is 1. The molecule has 0 radical (unpaired) electrons. The summed E-state index contributed by atoms with van der Waals surface area (Å²) in [6.07, 6.45) is 0.981. The molecule has 3 N–H and O–H groups in total. The summed E-state index contributed by atoms with van der Waals surface area (Å²) in [5, 5.41) is 3.48. The number of carbonyl (C=O) groups excluding carboxylic acids is 1. The molecular weight excluding hydrogens is 309 g/mol. The number of nitrogens with one attached hydrogen (secondary N) is 1. The minimum Gasteiger partial charge on any atom is -0.399 e. The molecule has 4 nitrogen and oxygen atoms in total. The molecule has 0 spiro atoms. The number of halogens is 2. The average molecular weight is 332 g/mol. The summed E-state index contributed by atoms with van der Waals surface area (Å²) in [5.74, 6) is -0.134. The number of nitrogens with zero attached hydrogens (tertiary/aromatic N) is 1. The van der Waals surface area contributed by atoms with Gasteiger partial charge in [0.05, 0.1) is 21.8 Å². The Balaban J connectivity index is 2.90. The summed E-state index contributed by atoms with van der Waals surface area (Å²) >= 11 is 12.2. The van der Waals surface area contributed by atoms with Gasteiger partial charge in [-0.15, -0.1) is 0 Å². The fourth-order valence-corrected chi connectivity index (χ4v) is 2.89. The van der Waals surface area contributed by atoms with E-state index in [1.165, 1.54) is 0 Å². The molecule has 0 aliphatic carbocycles. The van der Waals surface area contributed by atoms with Crippen molar-refractivity contribution in [1.29, 1.82) is 0 Å². The first-order valence-electron chi connectivity index (χ1n) is 7.12. The highest BCUT2D eigenvalue weighted by Gasteiger charge is 2.24. The van der Waals surface area contributed by atoms with E-state index < -0.39 is 0 Å². The van der Waals surface area contributed by atoms with Gasteiger partial charge in [-0.05, 0) is 38.9 Å². The summed E-state index contributed by atoms with van der Waals surface area (Å²) in [5.41, 5.74) is 6.53. The van der Waals surface area contributed by atoms with Crippen LogP contribution in [-0.4, -0.2) is 29.4 Å². The molecule has 0 heterocycles. The molecular formula is C15H23Cl2N3O. The molecule has 1 aromatic rings. The van der Waals surface area contributed by atoms with Crippen LogP contribution in [0.1, 0.15) is 34.1 Å². The highest BCUT2D eigenvalue weighted by Crippen LogP contribution is 2.33. The minimum atomic E-state index is -0.269. The van der Waals surface area contributed by atoms with Gasteiger partial charge >= 0.3 is 0 Å². The molecule has 118 valence electrons. The van der Waals surface area contributed by atoms with Gasteiger partial charge < -0.3 is 11.1 Å². The molecule has 2 unspecified atom stereocenters. The van der Waals surface area contributed by atoms with Gasteiger partial charge in [0.2, 0.25) is 5.91 Å². The standard InChI is InChI=1S/C15H23Cl2N3O/c1-5-9(3)20(6-2)10(4)15(21)19-14-12(16)7-11(18)8-13(14)17/h7-10H,5-6,18H2,1-4H3,(H,19,21). The number of hydrogen-bond donors (Lipinski definition) is 2. The molecule has 21 heavy (non-hydrogen) atoms. The summed E-state index contributed by atoms with van der Waals surface area (Å²) in [7, 11) is 0. The molecule has 0 bridgehead atoms. The second-order valence-electron chi connectivity index (χ2n) is 5.11. The zero-order valence-corrected chi connectivity index (χ0v) is 14.4. The van der Waals surface area contributed by atoms with E-state index in [4.69, 9.17) is 28.9 Å². The summed E-state index contributed by atoms with van der Waals surface area (Å²) < 4.78 is 0. The van der Waals surface area contributed by atoms with Gasteiger partial charge in [-0.25, -0.2) is 0 Å². The molecule has 0 fully saturated rings. The monoisotopic (exact) mass is 331 g/mol. The maximum atomic E-state index is 12.4. The molecule has 1 rings (SSSR count). The Labute approximate surface area is 136 Å². The number of anilines is 2. The van der Waals surface area contributed by atoms with E-state index in [0.29, 0.717) is 27.5 Å². The van der Waals surface area contributed by atoms with Gasteiger partial charge in [0, 0.05) is 11.7 Å². The summed E-state index contributed by atoms with van der Waals surface area (Å²) in [6.45, 7) is 8.93. The van der Waals surface area contributed by atoms with Crippen molar-refractivity contribution in [1.82, 2.24) is 4.90 Å². The number of benzene rings is 1.